The van der Waals surface area contributed by atoms with E-state index >= 15 is 0 Å². The van der Waals surface area contributed by atoms with Crippen LogP contribution in [-0.4, -0.2) is 38.6 Å². The first-order valence-electron chi connectivity index (χ1n) is 9.19. The molecular weight excluding hydrogens is 334 g/mol. The normalized spacial score (nSPS) is 19.7. The second kappa shape index (κ2) is 6.92. The molecule has 1 amide bonds. The van der Waals surface area contributed by atoms with Gasteiger partial charge in [-0.1, -0.05) is 0 Å². The number of hydrogen-bond acceptors (Lipinski definition) is 4. The fraction of sp³-hybridized carbons (Fsp3) is 0.579. The molecular formula is C19H25N3O2S. The highest BCUT2D eigenvalue weighted by Crippen LogP contribution is 2.33. The molecule has 1 unspecified atom stereocenters. The van der Waals surface area contributed by atoms with E-state index < -0.39 is 6.10 Å². The van der Waals surface area contributed by atoms with Crippen molar-refractivity contribution in [2.45, 2.75) is 44.6 Å². The summed E-state index contributed by atoms with van der Waals surface area (Å²) in [5.74, 6) is 1.07. The van der Waals surface area contributed by atoms with Gasteiger partial charge in [0.1, 0.15) is 11.9 Å². The van der Waals surface area contributed by atoms with E-state index in [9.17, 15) is 9.90 Å². The van der Waals surface area contributed by atoms with Crippen LogP contribution in [0.2, 0.25) is 0 Å². The van der Waals surface area contributed by atoms with Crippen LogP contribution in [0.3, 0.4) is 0 Å². The Hall–Kier alpha value is -1.66. The van der Waals surface area contributed by atoms with Crippen LogP contribution in [0.5, 0.6) is 0 Å². The highest BCUT2D eigenvalue weighted by atomic mass is 32.1. The molecule has 5 nitrogen and oxygen atoms in total. The Labute approximate surface area is 152 Å². The van der Waals surface area contributed by atoms with Gasteiger partial charge in [-0.2, -0.15) is 0 Å². The van der Waals surface area contributed by atoms with Crippen molar-refractivity contribution in [1.82, 2.24) is 14.5 Å². The molecule has 2 aromatic rings. The number of piperidine rings is 1. The quantitative estimate of drug-likeness (QED) is 0.917. The molecule has 0 radical (unpaired) electrons. The molecule has 25 heavy (non-hydrogen) atoms. The molecule has 6 heteroatoms. The first-order valence-corrected chi connectivity index (χ1v) is 10.1. The second-order valence-electron chi connectivity index (χ2n) is 7.23. The lowest BCUT2D eigenvalue weighted by molar-refractivity contribution is 0.0419. The number of imidazole rings is 1. The number of hydrogen-bond donors (Lipinski definition) is 1. The van der Waals surface area contributed by atoms with Gasteiger partial charge in [-0.05, 0) is 50.0 Å². The largest absolute Gasteiger partial charge is 0.385 e. The summed E-state index contributed by atoms with van der Waals surface area (Å²) in [6, 6.07) is 0. The van der Waals surface area contributed by atoms with Crippen LogP contribution >= 0.6 is 11.3 Å². The van der Waals surface area contributed by atoms with E-state index in [0.717, 1.165) is 50.2 Å². The van der Waals surface area contributed by atoms with E-state index in [2.05, 4.69) is 10.4 Å². The molecule has 2 aromatic heterocycles. The predicted molar refractivity (Wildman–Crippen MR) is 97.8 cm³/mol. The van der Waals surface area contributed by atoms with Crippen molar-refractivity contribution >= 4 is 17.2 Å². The van der Waals surface area contributed by atoms with Crippen molar-refractivity contribution in [1.29, 1.82) is 0 Å². The maximum atomic E-state index is 12.9. The van der Waals surface area contributed by atoms with Gasteiger partial charge in [0.05, 0.1) is 5.56 Å². The second-order valence-corrected chi connectivity index (χ2v) is 8.19. The van der Waals surface area contributed by atoms with Gasteiger partial charge in [0.2, 0.25) is 0 Å². The summed E-state index contributed by atoms with van der Waals surface area (Å²) in [4.78, 5) is 20.6. The van der Waals surface area contributed by atoms with Crippen molar-refractivity contribution in [3.63, 3.8) is 0 Å². The van der Waals surface area contributed by atoms with E-state index in [0.29, 0.717) is 0 Å². The lowest BCUT2D eigenvalue weighted by Gasteiger charge is -2.34. The van der Waals surface area contributed by atoms with Gasteiger partial charge >= 0.3 is 0 Å². The Balaban J connectivity index is 1.41. The molecule has 1 saturated heterocycles. The maximum absolute atomic E-state index is 12.9. The van der Waals surface area contributed by atoms with Gasteiger partial charge in [-0.15, -0.1) is 11.3 Å². The van der Waals surface area contributed by atoms with Crippen LogP contribution in [0, 0.1) is 5.92 Å². The number of carbonyl (C=O) groups excluding carboxylic acids is 1. The van der Waals surface area contributed by atoms with Crippen molar-refractivity contribution in [3.05, 3.63) is 39.6 Å². The number of likely N-dealkylation sites (tertiary alicyclic amines) is 1. The first kappa shape index (κ1) is 16.8. The summed E-state index contributed by atoms with van der Waals surface area (Å²) < 4.78 is 1.87. The standard InChI is InChI=1S/C19H25N3O2S/c1-21-11-8-20-18(21)17(23)13-6-9-22(10-7-13)19(24)15-12-25-16-5-3-2-4-14(15)16/h8,11-13,17,23H,2-7,9-10H2,1H3. The molecule has 1 atom stereocenters. The summed E-state index contributed by atoms with van der Waals surface area (Å²) in [6.07, 6.45) is 9.30. The van der Waals surface area contributed by atoms with Crippen LogP contribution in [-0.2, 0) is 19.9 Å². The number of carbonyl (C=O) groups is 1. The number of amides is 1. The molecule has 134 valence electrons. The van der Waals surface area contributed by atoms with E-state index in [-0.39, 0.29) is 11.8 Å². The van der Waals surface area contributed by atoms with Gasteiger partial charge in [-0.25, -0.2) is 4.98 Å². The molecule has 0 saturated carbocycles. The minimum Gasteiger partial charge on any atom is -0.385 e. The van der Waals surface area contributed by atoms with Gasteiger partial charge in [0.25, 0.3) is 5.91 Å². The molecule has 4 rings (SSSR count). The molecule has 0 spiro atoms. The third-order valence-corrected chi connectivity index (χ3v) is 6.78. The van der Waals surface area contributed by atoms with E-state index in [1.807, 2.05) is 22.7 Å². The predicted octanol–water partition coefficient (Wildman–Crippen LogP) is 2.95. The summed E-state index contributed by atoms with van der Waals surface area (Å²) in [7, 11) is 1.91. The highest BCUT2D eigenvalue weighted by Gasteiger charge is 2.31. The van der Waals surface area contributed by atoms with E-state index in [1.165, 1.54) is 23.3 Å². The van der Waals surface area contributed by atoms with Crippen LogP contribution in [0.1, 0.15) is 58.4 Å². The van der Waals surface area contributed by atoms with Crippen LogP contribution in [0.15, 0.2) is 17.8 Å². The Morgan fingerprint density at radius 2 is 2.08 bits per heavy atom. The number of aromatic nitrogens is 2. The zero-order chi connectivity index (χ0) is 17.4. The third kappa shape index (κ3) is 3.13. The van der Waals surface area contributed by atoms with Crippen molar-refractivity contribution < 1.29 is 9.90 Å². The van der Waals surface area contributed by atoms with Gasteiger partial charge in [0.15, 0.2) is 0 Å². The highest BCUT2D eigenvalue weighted by molar-refractivity contribution is 7.10. The molecule has 1 N–H and O–H groups in total. The Kier molecular flexibility index (Phi) is 4.65. The minimum absolute atomic E-state index is 0.168. The van der Waals surface area contributed by atoms with E-state index in [4.69, 9.17) is 0 Å². The first-order chi connectivity index (χ1) is 12.1. The Morgan fingerprint density at radius 3 is 2.80 bits per heavy atom. The lowest BCUT2D eigenvalue weighted by atomic mass is 9.90. The zero-order valence-electron chi connectivity index (χ0n) is 14.6. The number of aryl methyl sites for hydroxylation is 2. The van der Waals surface area contributed by atoms with Crippen molar-refractivity contribution in [2.75, 3.05) is 13.1 Å². The van der Waals surface area contributed by atoms with Crippen molar-refractivity contribution in [2.24, 2.45) is 13.0 Å². The smallest absolute Gasteiger partial charge is 0.254 e. The fourth-order valence-electron chi connectivity index (χ4n) is 4.13. The molecule has 1 aliphatic carbocycles. The summed E-state index contributed by atoms with van der Waals surface area (Å²) in [5, 5.41) is 12.7. The molecule has 1 aliphatic heterocycles. The zero-order valence-corrected chi connectivity index (χ0v) is 15.5. The average Bonchev–Trinajstić information content (AvgIpc) is 3.27. The van der Waals surface area contributed by atoms with Crippen LogP contribution in [0.4, 0.5) is 0 Å². The fourth-order valence-corrected chi connectivity index (χ4v) is 5.25. The number of thiophene rings is 1. The van der Waals surface area contributed by atoms with E-state index in [1.54, 1.807) is 17.5 Å². The number of aliphatic hydroxyl groups is 1. The van der Waals surface area contributed by atoms with Crippen molar-refractivity contribution in [3.8, 4) is 0 Å². The molecule has 0 aromatic carbocycles. The number of rotatable bonds is 3. The van der Waals surface area contributed by atoms with Gasteiger partial charge < -0.3 is 14.6 Å². The average molecular weight is 359 g/mol. The van der Waals surface area contributed by atoms with Crippen LogP contribution in [0.25, 0.3) is 0 Å². The molecule has 3 heterocycles. The summed E-state index contributed by atoms with van der Waals surface area (Å²) in [5.41, 5.74) is 2.24. The Bertz CT molecular complexity index is 759. The maximum Gasteiger partial charge on any atom is 0.254 e. The van der Waals surface area contributed by atoms with Crippen LogP contribution < -0.4 is 0 Å². The summed E-state index contributed by atoms with van der Waals surface area (Å²) >= 11 is 1.75. The monoisotopic (exact) mass is 359 g/mol. The lowest BCUT2D eigenvalue weighted by Crippen LogP contribution is -2.40. The van der Waals surface area contributed by atoms with Gasteiger partial charge in [-0.3, -0.25) is 4.79 Å². The number of aliphatic hydroxyl groups excluding tert-OH is 1. The topological polar surface area (TPSA) is 58.4 Å². The summed E-state index contributed by atoms with van der Waals surface area (Å²) in [6.45, 7) is 1.44. The molecule has 1 fully saturated rings. The number of nitrogens with zero attached hydrogens (tertiary/aromatic N) is 3. The molecule has 0 bridgehead atoms. The molecule has 2 aliphatic rings. The third-order valence-electron chi connectivity index (χ3n) is 5.69. The minimum atomic E-state index is -0.550. The van der Waals surface area contributed by atoms with Gasteiger partial charge in [0, 0.05) is 42.8 Å². The number of fused-ring (bicyclic) bond motifs is 1. The Morgan fingerprint density at radius 1 is 1.32 bits per heavy atom. The SMILES string of the molecule is Cn1ccnc1C(O)C1CCN(C(=O)c2csc3c2CCCC3)CC1.